The molecular weight excluding hydrogens is 314 g/mol. The van der Waals surface area contributed by atoms with Crippen LogP contribution >= 0.6 is 0 Å². The number of benzene rings is 2. The Hall–Kier alpha value is -2.62. The minimum atomic E-state index is -0.166. The Morgan fingerprint density at radius 1 is 1.00 bits per heavy atom. The number of amides is 1. The fraction of sp³-hybridized carbons (Fsp3) is 0.333. The van der Waals surface area contributed by atoms with Crippen LogP contribution in [-0.2, 0) is 4.79 Å². The number of ketones is 1. The van der Waals surface area contributed by atoms with Crippen molar-refractivity contribution in [1.29, 1.82) is 0 Å². The molecule has 132 valence electrons. The van der Waals surface area contributed by atoms with Crippen molar-refractivity contribution in [3.63, 3.8) is 0 Å². The van der Waals surface area contributed by atoms with Gasteiger partial charge in [0.2, 0.25) is 0 Å². The number of nitrogens with one attached hydrogen (secondary N) is 1. The van der Waals surface area contributed by atoms with Gasteiger partial charge in [-0.25, -0.2) is 0 Å². The lowest BCUT2D eigenvalue weighted by Crippen LogP contribution is -2.32. The minimum absolute atomic E-state index is 0.0266. The second-order valence-corrected chi connectivity index (χ2v) is 6.03. The third kappa shape index (κ3) is 5.45. The van der Waals surface area contributed by atoms with E-state index in [0.29, 0.717) is 17.7 Å². The number of carbonyl (C=O) groups is 2. The van der Waals surface area contributed by atoms with Crippen LogP contribution in [0.4, 0.5) is 0 Å². The lowest BCUT2D eigenvalue weighted by atomic mass is 10.0. The summed E-state index contributed by atoms with van der Waals surface area (Å²) in [4.78, 5) is 23.8. The van der Waals surface area contributed by atoms with Gasteiger partial charge >= 0.3 is 0 Å². The molecule has 1 amide bonds. The lowest BCUT2D eigenvalue weighted by molar-refractivity contribution is -0.123. The van der Waals surface area contributed by atoms with E-state index < -0.39 is 0 Å². The maximum atomic E-state index is 12.2. The summed E-state index contributed by atoms with van der Waals surface area (Å²) < 4.78 is 5.51. The van der Waals surface area contributed by atoms with Crippen LogP contribution in [0.25, 0.3) is 0 Å². The summed E-state index contributed by atoms with van der Waals surface area (Å²) in [5, 5.41) is 2.99. The van der Waals surface area contributed by atoms with Crippen LogP contribution in [0.2, 0.25) is 0 Å². The quantitative estimate of drug-likeness (QED) is 0.732. The summed E-state index contributed by atoms with van der Waals surface area (Å²) in [6.45, 7) is 5.85. The average molecular weight is 339 g/mol. The van der Waals surface area contributed by atoms with Gasteiger partial charge in [-0.2, -0.15) is 0 Å². The van der Waals surface area contributed by atoms with Gasteiger partial charge < -0.3 is 10.1 Å². The average Bonchev–Trinajstić information content (AvgIpc) is 2.65. The molecule has 0 spiro atoms. The molecule has 1 N–H and O–H groups in total. The second-order valence-electron chi connectivity index (χ2n) is 6.03. The Morgan fingerprint density at radius 3 is 2.20 bits per heavy atom. The van der Waals surface area contributed by atoms with Gasteiger partial charge in [-0.05, 0) is 43.2 Å². The predicted molar refractivity (Wildman–Crippen MR) is 98.9 cm³/mol. The normalized spacial score (nSPS) is 11.6. The molecule has 0 heterocycles. The Morgan fingerprint density at radius 2 is 1.64 bits per heavy atom. The Labute approximate surface area is 149 Å². The number of hydrogen-bond acceptors (Lipinski definition) is 3. The zero-order valence-electron chi connectivity index (χ0n) is 15.0. The van der Waals surface area contributed by atoms with Gasteiger partial charge in [-0.1, -0.05) is 43.7 Å². The zero-order chi connectivity index (χ0) is 18.2. The SMILES string of the molecule is CCC(=O)c1ccc(OCC(=O)N[C@@H](CC)c2ccc(C)cc2)cc1. The predicted octanol–water partition coefficient (Wildman–Crippen LogP) is 4.23. The molecule has 4 heteroatoms. The van der Waals surface area contributed by atoms with Gasteiger partial charge in [-0.3, -0.25) is 9.59 Å². The van der Waals surface area contributed by atoms with Crippen LogP contribution in [0.15, 0.2) is 48.5 Å². The smallest absolute Gasteiger partial charge is 0.258 e. The largest absolute Gasteiger partial charge is 0.484 e. The maximum absolute atomic E-state index is 12.2. The highest BCUT2D eigenvalue weighted by Gasteiger charge is 2.13. The number of aryl methyl sites for hydroxylation is 1. The van der Waals surface area contributed by atoms with Gasteiger partial charge in [0.15, 0.2) is 12.4 Å². The summed E-state index contributed by atoms with van der Waals surface area (Å²) in [5.41, 5.74) is 2.94. The third-order valence-electron chi connectivity index (χ3n) is 4.09. The number of ether oxygens (including phenoxy) is 1. The standard InChI is InChI=1S/C21H25NO3/c1-4-19(16-8-6-15(3)7-9-16)22-21(24)14-25-18-12-10-17(11-13-18)20(23)5-2/h6-13,19H,4-5,14H2,1-3H3,(H,22,24)/t19-/m0/s1. The van der Waals surface area contributed by atoms with E-state index in [1.807, 2.05) is 45.0 Å². The molecular formula is C21H25NO3. The highest BCUT2D eigenvalue weighted by atomic mass is 16.5. The second kappa shape index (κ2) is 9.02. The lowest BCUT2D eigenvalue weighted by Gasteiger charge is -2.18. The van der Waals surface area contributed by atoms with Crippen LogP contribution in [0, 0.1) is 6.92 Å². The first-order valence-electron chi connectivity index (χ1n) is 8.65. The van der Waals surface area contributed by atoms with Crippen LogP contribution in [0.1, 0.15) is 54.2 Å². The summed E-state index contributed by atoms with van der Waals surface area (Å²) >= 11 is 0. The van der Waals surface area contributed by atoms with Gasteiger partial charge in [0.1, 0.15) is 5.75 Å². The molecule has 0 saturated heterocycles. The van der Waals surface area contributed by atoms with Crippen molar-refractivity contribution in [2.45, 2.75) is 39.7 Å². The van der Waals surface area contributed by atoms with Crippen molar-refractivity contribution in [3.8, 4) is 5.75 Å². The van der Waals surface area contributed by atoms with Gasteiger partial charge in [0.05, 0.1) is 6.04 Å². The molecule has 2 aromatic rings. The molecule has 1 atom stereocenters. The van der Waals surface area contributed by atoms with E-state index in [9.17, 15) is 9.59 Å². The minimum Gasteiger partial charge on any atom is -0.484 e. The first-order valence-corrected chi connectivity index (χ1v) is 8.65. The monoisotopic (exact) mass is 339 g/mol. The third-order valence-corrected chi connectivity index (χ3v) is 4.09. The van der Waals surface area contributed by atoms with Crippen LogP contribution in [0.3, 0.4) is 0 Å². The van der Waals surface area contributed by atoms with E-state index in [2.05, 4.69) is 5.32 Å². The number of rotatable bonds is 8. The summed E-state index contributed by atoms with van der Waals surface area (Å²) in [5.74, 6) is 0.500. The highest BCUT2D eigenvalue weighted by Crippen LogP contribution is 2.17. The number of Topliss-reactive ketones (excluding diaryl/α,β-unsaturated/α-hetero) is 1. The first-order chi connectivity index (χ1) is 12.0. The van der Waals surface area contributed by atoms with E-state index in [1.165, 1.54) is 5.56 Å². The van der Waals surface area contributed by atoms with Crippen molar-refractivity contribution in [1.82, 2.24) is 5.32 Å². The molecule has 0 bridgehead atoms. The fourth-order valence-corrected chi connectivity index (χ4v) is 2.55. The Kier molecular flexibility index (Phi) is 6.75. The molecule has 0 aliphatic rings. The van der Waals surface area contributed by atoms with Crippen molar-refractivity contribution in [3.05, 3.63) is 65.2 Å². The molecule has 2 rings (SSSR count). The van der Waals surface area contributed by atoms with E-state index in [0.717, 1.165) is 12.0 Å². The molecule has 25 heavy (non-hydrogen) atoms. The van der Waals surface area contributed by atoms with Gasteiger partial charge in [0, 0.05) is 12.0 Å². The van der Waals surface area contributed by atoms with Crippen molar-refractivity contribution >= 4 is 11.7 Å². The fourth-order valence-electron chi connectivity index (χ4n) is 2.55. The molecule has 0 fully saturated rings. The van der Waals surface area contributed by atoms with Crippen molar-refractivity contribution < 1.29 is 14.3 Å². The molecule has 0 saturated carbocycles. The summed E-state index contributed by atoms with van der Waals surface area (Å²) in [6.07, 6.45) is 1.28. The molecule has 0 radical (unpaired) electrons. The molecule has 4 nitrogen and oxygen atoms in total. The summed E-state index contributed by atoms with van der Waals surface area (Å²) in [7, 11) is 0. The van der Waals surface area contributed by atoms with Crippen LogP contribution in [0.5, 0.6) is 5.75 Å². The number of carbonyl (C=O) groups excluding carboxylic acids is 2. The molecule has 2 aromatic carbocycles. The zero-order valence-corrected chi connectivity index (χ0v) is 15.0. The van der Waals surface area contributed by atoms with E-state index in [-0.39, 0.29) is 24.3 Å². The van der Waals surface area contributed by atoms with E-state index in [1.54, 1.807) is 24.3 Å². The van der Waals surface area contributed by atoms with E-state index in [4.69, 9.17) is 4.74 Å². The molecule has 0 aromatic heterocycles. The van der Waals surface area contributed by atoms with Crippen molar-refractivity contribution in [2.24, 2.45) is 0 Å². The van der Waals surface area contributed by atoms with Crippen molar-refractivity contribution in [2.75, 3.05) is 6.61 Å². The summed E-state index contributed by atoms with van der Waals surface area (Å²) in [6, 6.07) is 15.0. The Bertz CT molecular complexity index is 705. The topological polar surface area (TPSA) is 55.4 Å². The highest BCUT2D eigenvalue weighted by molar-refractivity contribution is 5.95. The molecule has 0 aliphatic heterocycles. The van der Waals surface area contributed by atoms with Crippen LogP contribution in [-0.4, -0.2) is 18.3 Å². The molecule has 0 unspecified atom stereocenters. The Balaban J connectivity index is 1.88. The number of hydrogen-bond donors (Lipinski definition) is 1. The van der Waals surface area contributed by atoms with Crippen LogP contribution < -0.4 is 10.1 Å². The first kappa shape index (κ1) is 18.7. The van der Waals surface area contributed by atoms with E-state index >= 15 is 0 Å². The van der Waals surface area contributed by atoms with Gasteiger partial charge in [0.25, 0.3) is 5.91 Å². The van der Waals surface area contributed by atoms with Gasteiger partial charge in [-0.15, -0.1) is 0 Å². The molecule has 0 aliphatic carbocycles. The maximum Gasteiger partial charge on any atom is 0.258 e.